The minimum Gasteiger partial charge on any atom is -0.343 e. The highest BCUT2D eigenvalue weighted by molar-refractivity contribution is 6.36. The zero-order valence-electron chi connectivity index (χ0n) is 14.0. The maximum atomic E-state index is 6.35. The first kappa shape index (κ1) is 17.3. The van der Waals surface area contributed by atoms with Crippen molar-refractivity contribution in [3.63, 3.8) is 0 Å². The SMILES string of the molecule is CC[C@@H](C)NCc1cn(Cc2c(Cl)cccc2Cl)c2ccccc12. The molecule has 0 aliphatic rings. The first-order chi connectivity index (χ1) is 11.6. The van der Waals surface area contributed by atoms with E-state index >= 15 is 0 Å². The lowest BCUT2D eigenvalue weighted by Gasteiger charge is -2.10. The van der Waals surface area contributed by atoms with Crippen LogP contribution in [-0.4, -0.2) is 10.6 Å². The molecule has 3 rings (SSSR count). The molecule has 4 heteroatoms. The first-order valence-corrected chi connectivity index (χ1v) is 9.08. The molecule has 1 atom stereocenters. The monoisotopic (exact) mass is 360 g/mol. The second-order valence-corrected chi connectivity index (χ2v) is 7.00. The van der Waals surface area contributed by atoms with Crippen molar-refractivity contribution in [3.05, 3.63) is 69.8 Å². The van der Waals surface area contributed by atoms with Crippen molar-refractivity contribution in [1.29, 1.82) is 0 Å². The van der Waals surface area contributed by atoms with Crippen LogP contribution in [0, 0.1) is 0 Å². The van der Waals surface area contributed by atoms with E-state index in [2.05, 4.69) is 54.2 Å². The quantitative estimate of drug-likeness (QED) is 0.580. The largest absolute Gasteiger partial charge is 0.343 e. The fraction of sp³-hybridized carbons (Fsp3) is 0.300. The Labute approximate surface area is 153 Å². The summed E-state index contributed by atoms with van der Waals surface area (Å²) in [6.07, 6.45) is 3.33. The van der Waals surface area contributed by atoms with Gasteiger partial charge in [0, 0.05) is 45.3 Å². The number of para-hydroxylation sites is 1. The molecule has 0 amide bonds. The maximum absolute atomic E-state index is 6.35. The summed E-state index contributed by atoms with van der Waals surface area (Å²) in [5.74, 6) is 0. The third kappa shape index (κ3) is 3.61. The van der Waals surface area contributed by atoms with E-state index in [0.717, 1.165) is 18.5 Å². The second kappa shape index (κ2) is 7.60. The topological polar surface area (TPSA) is 17.0 Å². The van der Waals surface area contributed by atoms with Crippen LogP contribution in [0.3, 0.4) is 0 Å². The van der Waals surface area contributed by atoms with Crippen molar-refractivity contribution in [1.82, 2.24) is 9.88 Å². The molecule has 0 spiro atoms. The number of nitrogens with zero attached hydrogens (tertiary/aromatic N) is 1. The van der Waals surface area contributed by atoms with Crippen LogP contribution in [0.4, 0.5) is 0 Å². The highest BCUT2D eigenvalue weighted by atomic mass is 35.5. The number of rotatable bonds is 6. The fourth-order valence-electron chi connectivity index (χ4n) is 2.88. The lowest BCUT2D eigenvalue weighted by molar-refractivity contribution is 0.535. The molecule has 2 aromatic carbocycles. The van der Waals surface area contributed by atoms with Gasteiger partial charge in [-0.15, -0.1) is 0 Å². The van der Waals surface area contributed by atoms with Gasteiger partial charge in [0.05, 0.1) is 6.54 Å². The Balaban J connectivity index is 1.96. The molecule has 24 heavy (non-hydrogen) atoms. The molecule has 0 radical (unpaired) electrons. The molecule has 0 saturated heterocycles. The van der Waals surface area contributed by atoms with Gasteiger partial charge in [-0.3, -0.25) is 0 Å². The number of hydrogen-bond donors (Lipinski definition) is 1. The molecule has 126 valence electrons. The van der Waals surface area contributed by atoms with Crippen LogP contribution in [0.1, 0.15) is 31.4 Å². The molecule has 0 saturated carbocycles. The number of nitrogens with one attached hydrogen (secondary N) is 1. The van der Waals surface area contributed by atoms with Crippen LogP contribution >= 0.6 is 23.2 Å². The Hall–Kier alpha value is -1.48. The third-order valence-electron chi connectivity index (χ3n) is 4.51. The van der Waals surface area contributed by atoms with Crippen LogP contribution in [0.5, 0.6) is 0 Å². The molecule has 1 aromatic heterocycles. The zero-order chi connectivity index (χ0) is 17.1. The molecular formula is C20H22Cl2N2. The molecular weight excluding hydrogens is 339 g/mol. The Morgan fingerprint density at radius 2 is 1.75 bits per heavy atom. The zero-order valence-corrected chi connectivity index (χ0v) is 15.5. The predicted octanol–water partition coefficient (Wildman–Crippen LogP) is 5.88. The number of fused-ring (bicyclic) bond motifs is 1. The normalized spacial score (nSPS) is 12.7. The van der Waals surface area contributed by atoms with Crippen molar-refractivity contribution < 1.29 is 0 Å². The number of halogens is 2. The average Bonchev–Trinajstić information content (AvgIpc) is 2.94. The molecule has 1 N–H and O–H groups in total. The van der Waals surface area contributed by atoms with Crippen molar-refractivity contribution in [2.75, 3.05) is 0 Å². The van der Waals surface area contributed by atoms with Crippen LogP contribution in [0.25, 0.3) is 10.9 Å². The summed E-state index contributed by atoms with van der Waals surface area (Å²) in [6, 6.07) is 14.6. The van der Waals surface area contributed by atoms with Crippen LogP contribution in [0.15, 0.2) is 48.7 Å². The molecule has 2 nitrogen and oxygen atoms in total. The smallest absolute Gasteiger partial charge is 0.0505 e. The van der Waals surface area contributed by atoms with Crippen molar-refractivity contribution in [2.45, 2.75) is 39.4 Å². The summed E-state index contributed by atoms with van der Waals surface area (Å²) in [7, 11) is 0. The third-order valence-corrected chi connectivity index (χ3v) is 5.22. The standard InChI is InChI=1S/C20H22Cl2N2/c1-3-14(2)23-11-15-12-24(20-10-5-4-7-16(15)20)13-17-18(21)8-6-9-19(17)22/h4-10,12,14,23H,3,11,13H2,1-2H3/t14-/m1/s1. The van der Waals surface area contributed by atoms with Crippen molar-refractivity contribution >= 4 is 34.1 Å². The van der Waals surface area contributed by atoms with E-state index in [0.29, 0.717) is 22.6 Å². The molecule has 3 aromatic rings. The lowest BCUT2D eigenvalue weighted by atomic mass is 10.1. The van der Waals surface area contributed by atoms with E-state index in [-0.39, 0.29) is 0 Å². The van der Waals surface area contributed by atoms with E-state index in [4.69, 9.17) is 23.2 Å². The Kier molecular flexibility index (Phi) is 5.50. The van der Waals surface area contributed by atoms with E-state index in [1.165, 1.54) is 16.5 Å². The average molecular weight is 361 g/mol. The second-order valence-electron chi connectivity index (χ2n) is 6.19. The Bertz CT molecular complexity index is 819. The molecule has 0 bridgehead atoms. The van der Waals surface area contributed by atoms with Crippen LogP contribution in [0.2, 0.25) is 10.0 Å². The first-order valence-electron chi connectivity index (χ1n) is 8.33. The van der Waals surface area contributed by atoms with Gasteiger partial charge >= 0.3 is 0 Å². The number of hydrogen-bond acceptors (Lipinski definition) is 1. The van der Waals surface area contributed by atoms with Gasteiger partial charge in [0.1, 0.15) is 0 Å². The van der Waals surface area contributed by atoms with Gasteiger partial charge < -0.3 is 9.88 Å². The predicted molar refractivity (Wildman–Crippen MR) is 104 cm³/mol. The minimum atomic E-state index is 0.505. The van der Waals surface area contributed by atoms with Crippen molar-refractivity contribution in [2.24, 2.45) is 0 Å². The molecule has 0 unspecified atom stereocenters. The van der Waals surface area contributed by atoms with Gasteiger partial charge in [0.25, 0.3) is 0 Å². The minimum absolute atomic E-state index is 0.505. The molecule has 0 aliphatic carbocycles. The van der Waals surface area contributed by atoms with E-state index in [1.807, 2.05) is 18.2 Å². The van der Waals surface area contributed by atoms with Gasteiger partial charge in [-0.1, -0.05) is 54.4 Å². The van der Waals surface area contributed by atoms with Crippen LogP contribution in [-0.2, 0) is 13.1 Å². The Morgan fingerprint density at radius 3 is 2.46 bits per heavy atom. The molecule has 1 heterocycles. The number of aromatic nitrogens is 1. The van der Waals surface area contributed by atoms with Gasteiger partial charge in [-0.25, -0.2) is 0 Å². The summed E-state index contributed by atoms with van der Waals surface area (Å²) in [5.41, 5.74) is 3.46. The highest BCUT2D eigenvalue weighted by Gasteiger charge is 2.12. The van der Waals surface area contributed by atoms with E-state index < -0.39 is 0 Å². The summed E-state index contributed by atoms with van der Waals surface area (Å²) in [6.45, 7) is 5.93. The summed E-state index contributed by atoms with van der Waals surface area (Å²) in [4.78, 5) is 0. The lowest BCUT2D eigenvalue weighted by Crippen LogP contribution is -2.24. The summed E-state index contributed by atoms with van der Waals surface area (Å²) < 4.78 is 2.23. The maximum Gasteiger partial charge on any atom is 0.0505 e. The highest BCUT2D eigenvalue weighted by Crippen LogP contribution is 2.28. The van der Waals surface area contributed by atoms with Gasteiger partial charge in [0.2, 0.25) is 0 Å². The Morgan fingerprint density at radius 1 is 1.04 bits per heavy atom. The molecule has 0 fully saturated rings. The van der Waals surface area contributed by atoms with E-state index in [1.54, 1.807) is 0 Å². The molecule has 0 aliphatic heterocycles. The van der Waals surface area contributed by atoms with E-state index in [9.17, 15) is 0 Å². The van der Waals surface area contributed by atoms with Gasteiger partial charge in [0.15, 0.2) is 0 Å². The summed E-state index contributed by atoms with van der Waals surface area (Å²) in [5, 5.41) is 6.27. The van der Waals surface area contributed by atoms with Crippen LogP contribution < -0.4 is 5.32 Å². The summed E-state index contributed by atoms with van der Waals surface area (Å²) >= 11 is 12.7. The van der Waals surface area contributed by atoms with Crippen molar-refractivity contribution in [3.8, 4) is 0 Å². The fourth-order valence-corrected chi connectivity index (χ4v) is 3.39. The van der Waals surface area contributed by atoms with Gasteiger partial charge in [-0.2, -0.15) is 0 Å². The van der Waals surface area contributed by atoms with Gasteiger partial charge in [-0.05, 0) is 37.1 Å². The number of benzene rings is 2.